The van der Waals surface area contributed by atoms with Gasteiger partial charge in [-0.1, -0.05) is 0 Å². The standard InChI is InChI=1S/C13H20N2O3S/c1-2-18-12-5-7-13(8-6-12)19(16,17)15-10-11-4-3-9-14-11/h5-8,11,14-15H,2-4,9-10H2,1H3. The van der Waals surface area contributed by atoms with E-state index in [1.54, 1.807) is 24.3 Å². The lowest BCUT2D eigenvalue weighted by Gasteiger charge is -2.12. The molecule has 1 unspecified atom stereocenters. The average molecular weight is 284 g/mol. The molecular formula is C13H20N2O3S. The lowest BCUT2D eigenvalue weighted by Crippen LogP contribution is -2.37. The Morgan fingerprint density at radius 3 is 2.68 bits per heavy atom. The van der Waals surface area contributed by atoms with Crippen LogP contribution in [0.3, 0.4) is 0 Å². The molecule has 0 aromatic heterocycles. The van der Waals surface area contributed by atoms with Crippen molar-refractivity contribution in [1.82, 2.24) is 10.0 Å². The van der Waals surface area contributed by atoms with Crippen LogP contribution in [0.1, 0.15) is 19.8 Å². The zero-order valence-corrected chi connectivity index (χ0v) is 11.9. The number of nitrogens with one attached hydrogen (secondary N) is 2. The first kappa shape index (κ1) is 14.3. The summed E-state index contributed by atoms with van der Waals surface area (Å²) in [4.78, 5) is 0.272. The summed E-state index contributed by atoms with van der Waals surface area (Å²) in [6.45, 7) is 3.86. The van der Waals surface area contributed by atoms with E-state index in [0.717, 1.165) is 19.4 Å². The van der Waals surface area contributed by atoms with E-state index < -0.39 is 10.0 Å². The van der Waals surface area contributed by atoms with Gasteiger partial charge in [-0.25, -0.2) is 13.1 Å². The van der Waals surface area contributed by atoms with Gasteiger partial charge in [0.15, 0.2) is 0 Å². The van der Waals surface area contributed by atoms with E-state index in [4.69, 9.17) is 4.74 Å². The van der Waals surface area contributed by atoms with Gasteiger partial charge in [0.2, 0.25) is 10.0 Å². The SMILES string of the molecule is CCOc1ccc(S(=O)(=O)NCC2CCCN2)cc1. The van der Waals surface area contributed by atoms with Crippen LogP contribution in [0.2, 0.25) is 0 Å². The molecular weight excluding hydrogens is 264 g/mol. The summed E-state index contributed by atoms with van der Waals surface area (Å²) in [6.07, 6.45) is 2.13. The lowest BCUT2D eigenvalue weighted by molar-refractivity contribution is 0.340. The Morgan fingerprint density at radius 1 is 1.37 bits per heavy atom. The first-order valence-electron chi connectivity index (χ1n) is 6.58. The molecule has 0 bridgehead atoms. The van der Waals surface area contributed by atoms with Gasteiger partial charge in [-0.3, -0.25) is 0 Å². The average Bonchev–Trinajstić information content (AvgIpc) is 2.91. The number of hydrogen-bond acceptors (Lipinski definition) is 4. The van der Waals surface area contributed by atoms with Gasteiger partial charge in [0, 0.05) is 12.6 Å². The Balaban J connectivity index is 1.97. The Bertz CT molecular complexity index is 493. The number of hydrogen-bond donors (Lipinski definition) is 2. The first-order chi connectivity index (χ1) is 9.12. The highest BCUT2D eigenvalue weighted by Gasteiger charge is 2.19. The van der Waals surface area contributed by atoms with Crippen molar-refractivity contribution in [3.8, 4) is 5.75 Å². The smallest absolute Gasteiger partial charge is 0.240 e. The van der Waals surface area contributed by atoms with Gasteiger partial charge in [-0.2, -0.15) is 0 Å². The predicted molar refractivity (Wildman–Crippen MR) is 73.8 cm³/mol. The lowest BCUT2D eigenvalue weighted by atomic mass is 10.2. The van der Waals surface area contributed by atoms with Crippen LogP contribution in [0, 0.1) is 0 Å². The minimum absolute atomic E-state index is 0.248. The van der Waals surface area contributed by atoms with Gasteiger partial charge in [-0.15, -0.1) is 0 Å². The molecule has 1 aliphatic heterocycles. The van der Waals surface area contributed by atoms with E-state index in [9.17, 15) is 8.42 Å². The fourth-order valence-electron chi connectivity index (χ4n) is 2.11. The van der Waals surface area contributed by atoms with Crippen LogP contribution in [0.4, 0.5) is 0 Å². The van der Waals surface area contributed by atoms with Gasteiger partial charge in [0.25, 0.3) is 0 Å². The van der Waals surface area contributed by atoms with E-state index in [1.807, 2.05) is 6.92 Å². The van der Waals surface area contributed by atoms with Crippen molar-refractivity contribution >= 4 is 10.0 Å². The Morgan fingerprint density at radius 2 is 2.11 bits per heavy atom. The third-order valence-corrected chi connectivity index (χ3v) is 4.57. The van der Waals surface area contributed by atoms with Crippen LogP contribution in [0.25, 0.3) is 0 Å². The maximum atomic E-state index is 12.1. The molecule has 1 saturated heterocycles. The molecule has 0 spiro atoms. The molecule has 1 fully saturated rings. The molecule has 1 aromatic carbocycles. The van der Waals surface area contributed by atoms with Crippen LogP contribution in [-0.4, -0.2) is 34.2 Å². The summed E-state index contributed by atoms with van der Waals surface area (Å²) in [5.41, 5.74) is 0. The van der Waals surface area contributed by atoms with E-state index in [-0.39, 0.29) is 10.9 Å². The summed E-state index contributed by atoms with van der Waals surface area (Å²) >= 11 is 0. The zero-order valence-electron chi connectivity index (χ0n) is 11.1. The first-order valence-corrected chi connectivity index (χ1v) is 8.06. The Kier molecular flexibility index (Phi) is 4.79. The Hall–Kier alpha value is -1.11. The summed E-state index contributed by atoms with van der Waals surface area (Å²) in [5, 5.41) is 3.26. The van der Waals surface area contributed by atoms with Crippen molar-refractivity contribution in [3.63, 3.8) is 0 Å². The van der Waals surface area contributed by atoms with E-state index in [1.165, 1.54) is 0 Å². The van der Waals surface area contributed by atoms with Gasteiger partial charge in [0.05, 0.1) is 11.5 Å². The Labute approximate surface area is 114 Å². The fourth-order valence-corrected chi connectivity index (χ4v) is 3.19. The van der Waals surface area contributed by atoms with Crippen LogP contribution in [0.15, 0.2) is 29.2 Å². The van der Waals surface area contributed by atoms with Crippen molar-refractivity contribution in [3.05, 3.63) is 24.3 Å². The number of ether oxygens (including phenoxy) is 1. The van der Waals surface area contributed by atoms with Crippen LogP contribution in [-0.2, 0) is 10.0 Å². The molecule has 6 heteroatoms. The van der Waals surface area contributed by atoms with Gasteiger partial charge in [-0.05, 0) is 50.6 Å². The molecule has 2 N–H and O–H groups in total. The van der Waals surface area contributed by atoms with Gasteiger partial charge >= 0.3 is 0 Å². The number of benzene rings is 1. The second-order valence-electron chi connectivity index (χ2n) is 4.55. The van der Waals surface area contributed by atoms with E-state index in [2.05, 4.69) is 10.0 Å². The molecule has 19 heavy (non-hydrogen) atoms. The van der Waals surface area contributed by atoms with Crippen molar-refractivity contribution in [2.24, 2.45) is 0 Å². The van der Waals surface area contributed by atoms with Crippen LogP contribution in [0.5, 0.6) is 5.75 Å². The minimum Gasteiger partial charge on any atom is -0.494 e. The van der Waals surface area contributed by atoms with E-state index >= 15 is 0 Å². The molecule has 0 radical (unpaired) electrons. The fraction of sp³-hybridized carbons (Fsp3) is 0.538. The summed E-state index contributed by atoms with van der Waals surface area (Å²) in [5.74, 6) is 0.680. The molecule has 5 nitrogen and oxygen atoms in total. The van der Waals surface area contributed by atoms with Gasteiger partial charge < -0.3 is 10.1 Å². The van der Waals surface area contributed by atoms with Crippen LogP contribution >= 0.6 is 0 Å². The van der Waals surface area contributed by atoms with Crippen molar-refractivity contribution in [2.45, 2.75) is 30.7 Å². The second kappa shape index (κ2) is 6.36. The largest absolute Gasteiger partial charge is 0.494 e. The van der Waals surface area contributed by atoms with Crippen molar-refractivity contribution < 1.29 is 13.2 Å². The highest BCUT2D eigenvalue weighted by molar-refractivity contribution is 7.89. The molecule has 2 rings (SSSR count). The minimum atomic E-state index is -3.43. The monoisotopic (exact) mass is 284 g/mol. The zero-order chi connectivity index (χ0) is 13.7. The molecule has 0 aliphatic carbocycles. The third kappa shape index (κ3) is 3.92. The highest BCUT2D eigenvalue weighted by Crippen LogP contribution is 2.16. The topological polar surface area (TPSA) is 67.4 Å². The second-order valence-corrected chi connectivity index (χ2v) is 6.32. The number of sulfonamides is 1. The summed E-state index contributed by atoms with van der Waals surface area (Å²) < 4.78 is 32.1. The molecule has 106 valence electrons. The predicted octanol–water partition coefficient (Wildman–Crippen LogP) is 1.12. The normalized spacial score (nSPS) is 19.5. The molecule has 1 atom stereocenters. The van der Waals surface area contributed by atoms with Crippen LogP contribution < -0.4 is 14.8 Å². The maximum Gasteiger partial charge on any atom is 0.240 e. The third-order valence-electron chi connectivity index (χ3n) is 3.13. The van der Waals surface area contributed by atoms with Crippen molar-refractivity contribution in [2.75, 3.05) is 19.7 Å². The molecule has 1 aromatic rings. The molecule has 0 amide bonds. The maximum absolute atomic E-state index is 12.1. The quantitative estimate of drug-likeness (QED) is 0.821. The molecule has 0 saturated carbocycles. The van der Waals surface area contributed by atoms with Crippen molar-refractivity contribution in [1.29, 1.82) is 0 Å². The van der Waals surface area contributed by atoms with E-state index in [0.29, 0.717) is 18.9 Å². The van der Waals surface area contributed by atoms with Gasteiger partial charge in [0.1, 0.15) is 5.75 Å². The summed E-state index contributed by atoms with van der Waals surface area (Å²) in [6, 6.07) is 6.72. The molecule has 1 heterocycles. The summed E-state index contributed by atoms with van der Waals surface area (Å²) in [7, 11) is -3.43. The highest BCUT2D eigenvalue weighted by atomic mass is 32.2. The molecule has 1 aliphatic rings. The number of rotatable bonds is 6.